The monoisotopic (exact) mass is 235 g/mol. The molecule has 2 rings (SSSR count). The van der Waals surface area contributed by atoms with Gasteiger partial charge < -0.3 is 5.32 Å². The van der Waals surface area contributed by atoms with Crippen molar-refractivity contribution in [2.24, 2.45) is 13.0 Å². The fourth-order valence-corrected chi connectivity index (χ4v) is 2.85. The number of hydrogen-bond acceptors (Lipinski definition) is 2. The topological polar surface area (TPSA) is 29.9 Å². The van der Waals surface area contributed by atoms with Gasteiger partial charge in [0.1, 0.15) is 0 Å². The van der Waals surface area contributed by atoms with Crippen LogP contribution >= 0.6 is 0 Å². The molecule has 1 aromatic rings. The van der Waals surface area contributed by atoms with Gasteiger partial charge in [-0.1, -0.05) is 19.3 Å². The van der Waals surface area contributed by atoms with Crippen LogP contribution in [0.4, 0.5) is 0 Å². The molecule has 1 heterocycles. The lowest BCUT2D eigenvalue weighted by Crippen LogP contribution is -2.35. The minimum Gasteiger partial charge on any atom is -0.314 e. The van der Waals surface area contributed by atoms with Crippen molar-refractivity contribution in [2.45, 2.75) is 51.5 Å². The van der Waals surface area contributed by atoms with Crippen LogP contribution in [0.3, 0.4) is 0 Å². The predicted octanol–water partition coefficient (Wildman–Crippen LogP) is 2.52. The van der Waals surface area contributed by atoms with Gasteiger partial charge in [-0.05, 0) is 44.2 Å². The molecule has 1 saturated carbocycles. The van der Waals surface area contributed by atoms with E-state index in [-0.39, 0.29) is 0 Å². The minimum absolute atomic E-state index is 0.673. The Labute approximate surface area is 105 Å². The van der Waals surface area contributed by atoms with Crippen LogP contribution in [0, 0.1) is 5.92 Å². The molecule has 1 aliphatic rings. The first kappa shape index (κ1) is 12.6. The van der Waals surface area contributed by atoms with Gasteiger partial charge in [-0.25, -0.2) is 0 Å². The van der Waals surface area contributed by atoms with Gasteiger partial charge in [-0.3, -0.25) is 4.68 Å². The Hall–Kier alpha value is -0.830. The third-order valence-electron chi connectivity index (χ3n) is 4.00. The summed E-state index contributed by atoms with van der Waals surface area (Å²) in [7, 11) is 1.97. The highest BCUT2D eigenvalue weighted by molar-refractivity contribution is 5.03. The molecule has 0 saturated heterocycles. The van der Waals surface area contributed by atoms with Crippen LogP contribution in [0.5, 0.6) is 0 Å². The molecule has 3 heteroatoms. The maximum atomic E-state index is 4.19. The van der Waals surface area contributed by atoms with Crippen molar-refractivity contribution < 1.29 is 0 Å². The van der Waals surface area contributed by atoms with E-state index in [2.05, 4.69) is 23.5 Å². The van der Waals surface area contributed by atoms with Crippen molar-refractivity contribution in [1.29, 1.82) is 0 Å². The Kier molecular flexibility index (Phi) is 4.60. The molecule has 1 aliphatic carbocycles. The molecule has 0 aliphatic heterocycles. The Balaban J connectivity index is 1.67. The molecular formula is C14H25N3. The maximum absolute atomic E-state index is 4.19. The molecule has 1 atom stereocenters. The Morgan fingerprint density at radius 2 is 2.18 bits per heavy atom. The lowest BCUT2D eigenvalue weighted by molar-refractivity contribution is 0.283. The molecule has 0 spiro atoms. The van der Waals surface area contributed by atoms with E-state index in [1.165, 1.54) is 37.7 Å². The highest BCUT2D eigenvalue weighted by Crippen LogP contribution is 2.26. The van der Waals surface area contributed by atoms with Crippen molar-refractivity contribution in [3.8, 4) is 0 Å². The summed E-state index contributed by atoms with van der Waals surface area (Å²) in [5.74, 6) is 0.901. The molecule has 0 radical (unpaired) electrons. The number of aromatic nitrogens is 2. The van der Waals surface area contributed by atoms with Gasteiger partial charge in [-0.15, -0.1) is 0 Å². The molecule has 0 bridgehead atoms. The Morgan fingerprint density at radius 1 is 1.41 bits per heavy atom. The van der Waals surface area contributed by atoms with E-state index in [0.29, 0.717) is 6.04 Å². The lowest BCUT2D eigenvalue weighted by atomic mass is 9.84. The van der Waals surface area contributed by atoms with E-state index in [4.69, 9.17) is 0 Å². The van der Waals surface area contributed by atoms with Crippen LogP contribution < -0.4 is 5.32 Å². The summed E-state index contributed by atoms with van der Waals surface area (Å²) in [6, 6.07) is 0.673. The third kappa shape index (κ3) is 3.84. The third-order valence-corrected chi connectivity index (χ3v) is 4.00. The summed E-state index contributed by atoms with van der Waals surface area (Å²) >= 11 is 0. The second-order valence-corrected chi connectivity index (χ2v) is 5.41. The zero-order valence-electron chi connectivity index (χ0n) is 11.2. The zero-order valence-corrected chi connectivity index (χ0v) is 11.2. The molecule has 3 nitrogen and oxygen atoms in total. The van der Waals surface area contributed by atoms with Crippen LogP contribution in [0.15, 0.2) is 12.4 Å². The van der Waals surface area contributed by atoms with Gasteiger partial charge in [0.2, 0.25) is 0 Å². The first-order valence-electron chi connectivity index (χ1n) is 6.96. The quantitative estimate of drug-likeness (QED) is 0.850. The van der Waals surface area contributed by atoms with Crippen molar-refractivity contribution in [3.05, 3.63) is 18.0 Å². The summed E-state index contributed by atoms with van der Waals surface area (Å²) < 4.78 is 1.87. The van der Waals surface area contributed by atoms with E-state index in [1.54, 1.807) is 0 Å². The highest BCUT2D eigenvalue weighted by atomic mass is 15.2. The smallest absolute Gasteiger partial charge is 0.0522 e. The van der Waals surface area contributed by atoms with Crippen LogP contribution in [-0.4, -0.2) is 22.4 Å². The minimum atomic E-state index is 0.673. The SMILES string of the molecule is C[C@@H](NCCc1cnn(C)c1)C1CCCCC1. The maximum Gasteiger partial charge on any atom is 0.0522 e. The van der Waals surface area contributed by atoms with E-state index < -0.39 is 0 Å². The predicted molar refractivity (Wildman–Crippen MR) is 71.0 cm³/mol. The van der Waals surface area contributed by atoms with Gasteiger partial charge in [0.15, 0.2) is 0 Å². The van der Waals surface area contributed by atoms with Crippen LogP contribution in [0.25, 0.3) is 0 Å². The lowest BCUT2D eigenvalue weighted by Gasteiger charge is -2.28. The Morgan fingerprint density at radius 3 is 2.82 bits per heavy atom. The van der Waals surface area contributed by atoms with Crippen molar-refractivity contribution >= 4 is 0 Å². The fraction of sp³-hybridized carbons (Fsp3) is 0.786. The summed E-state index contributed by atoms with van der Waals surface area (Å²) in [5.41, 5.74) is 1.33. The van der Waals surface area contributed by atoms with E-state index in [0.717, 1.165) is 18.9 Å². The number of nitrogens with zero attached hydrogens (tertiary/aromatic N) is 2. The van der Waals surface area contributed by atoms with E-state index >= 15 is 0 Å². The molecule has 96 valence electrons. The molecule has 1 fully saturated rings. The van der Waals surface area contributed by atoms with Gasteiger partial charge in [0.05, 0.1) is 6.20 Å². The second-order valence-electron chi connectivity index (χ2n) is 5.41. The van der Waals surface area contributed by atoms with Crippen LogP contribution in [0.2, 0.25) is 0 Å². The summed E-state index contributed by atoms with van der Waals surface area (Å²) in [4.78, 5) is 0. The summed E-state index contributed by atoms with van der Waals surface area (Å²) in [5, 5.41) is 7.87. The first-order chi connectivity index (χ1) is 8.25. The molecule has 0 amide bonds. The molecule has 0 unspecified atom stereocenters. The second kappa shape index (κ2) is 6.20. The largest absolute Gasteiger partial charge is 0.314 e. The van der Waals surface area contributed by atoms with Crippen molar-refractivity contribution in [3.63, 3.8) is 0 Å². The van der Waals surface area contributed by atoms with Crippen LogP contribution in [0.1, 0.15) is 44.6 Å². The van der Waals surface area contributed by atoms with E-state index in [9.17, 15) is 0 Å². The normalized spacial score (nSPS) is 19.4. The van der Waals surface area contributed by atoms with Crippen LogP contribution in [-0.2, 0) is 13.5 Å². The summed E-state index contributed by atoms with van der Waals surface area (Å²) in [6.07, 6.45) is 12.3. The average molecular weight is 235 g/mol. The average Bonchev–Trinajstić information content (AvgIpc) is 2.76. The molecule has 17 heavy (non-hydrogen) atoms. The van der Waals surface area contributed by atoms with Crippen molar-refractivity contribution in [2.75, 3.05) is 6.54 Å². The molecule has 0 aromatic carbocycles. The summed E-state index contributed by atoms with van der Waals surface area (Å²) in [6.45, 7) is 3.42. The van der Waals surface area contributed by atoms with E-state index in [1.807, 2.05) is 17.9 Å². The van der Waals surface area contributed by atoms with Gasteiger partial charge >= 0.3 is 0 Å². The molecule has 1 aromatic heterocycles. The molecule has 1 N–H and O–H groups in total. The van der Waals surface area contributed by atoms with Crippen molar-refractivity contribution in [1.82, 2.24) is 15.1 Å². The number of aryl methyl sites for hydroxylation is 1. The number of rotatable bonds is 5. The highest BCUT2D eigenvalue weighted by Gasteiger charge is 2.19. The van der Waals surface area contributed by atoms with Gasteiger partial charge in [0.25, 0.3) is 0 Å². The first-order valence-corrected chi connectivity index (χ1v) is 6.96. The number of hydrogen-bond donors (Lipinski definition) is 1. The van der Waals surface area contributed by atoms with Gasteiger partial charge in [0, 0.05) is 19.3 Å². The van der Waals surface area contributed by atoms with Gasteiger partial charge in [-0.2, -0.15) is 5.10 Å². The Bertz CT molecular complexity index is 326. The fourth-order valence-electron chi connectivity index (χ4n) is 2.85. The molecular weight excluding hydrogens is 210 g/mol. The zero-order chi connectivity index (χ0) is 12.1. The standard InChI is InChI=1S/C14H25N3/c1-12(14-6-4-3-5-7-14)15-9-8-13-10-16-17(2)11-13/h10-12,14-15H,3-9H2,1-2H3/t12-/m1/s1. The number of nitrogens with one attached hydrogen (secondary N) is 1.